The third-order valence-corrected chi connectivity index (χ3v) is 4.65. The van der Waals surface area contributed by atoms with E-state index >= 15 is 0 Å². The highest BCUT2D eigenvalue weighted by atomic mass is 35.5. The molecule has 140 valence electrons. The number of amides is 1. The lowest BCUT2D eigenvalue weighted by molar-refractivity contribution is -0.137. The Morgan fingerprint density at radius 2 is 2.08 bits per heavy atom. The Bertz CT molecular complexity index is 871. The number of hydrogen-bond donors (Lipinski definition) is 2. The van der Waals surface area contributed by atoms with Crippen molar-refractivity contribution in [1.29, 1.82) is 0 Å². The number of carbonyl (C=O) groups excluding carboxylic acids is 1. The summed E-state index contributed by atoms with van der Waals surface area (Å²) in [5.41, 5.74) is -0.808. The number of rotatable bonds is 5. The Morgan fingerprint density at radius 1 is 1.38 bits per heavy atom. The van der Waals surface area contributed by atoms with Crippen LogP contribution in [-0.4, -0.2) is 21.1 Å². The van der Waals surface area contributed by atoms with Gasteiger partial charge in [-0.15, -0.1) is 0 Å². The molecule has 1 aromatic heterocycles. The zero-order valence-corrected chi connectivity index (χ0v) is 15.4. The number of H-pyrrole nitrogens is 1. The quantitative estimate of drug-likeness (QED) is 0.579. The molecule has 0 aliphatic carbocycles. The topological polar surface area (TPSA) is 74.8 Å². The molecule has 0 aliphatic rings. The average molecular weight is 406 g/mol. The fourth-order valence-corrected chi connectivity index (χ4v) is 3.06. The van der Waals surface area contributed by atoms with E-state index in [-0.39, 0.29) is 16.4 Å². The molecule has 0 saturated carbocycles. The van der Waals surface area contributed by atoms with E-state index in [1.54, 1.807) is 6.92 Å². The molecule has 0 bridgehead atoms. The lowest BCUT2D eigenvalue weighted by Gasteiger charge is -2.14. The van der Waals surface area contributed by atoms with Crippen LogP contribution in [0.4, 0.5) is 18.9 Å². The van der Waals surface area contributed by atoms with Gasteiger partial charge in [-0.3, -0.25) is 9.59 Å². The van der Waals surface area contributed by atoms with Crippen molar-refractivity contribution in [2.75, 3.05) is 5.32 Å². The van der Waals surface area contributed by atoms with Crippen LogP contribution in [0.3, 0.4) is 0 Å². The van der Waals surface area contributed by atoms with Gasteiger partial charge in [0.2, 0.25) is 5.91 Å². The molecule has 1 unspecified atom stereocenters. The van der Waals surface area contributed by atoms with Gasteiger partial charge in [0, 0.05) is 17.4 Å². The Balaban J connectivity index is 2.12. The van der Waals surface area contributed by atoms with Crippen LogP contribution in [0.1, 0.15) is 25.1 Å². The van der Waals surface area contributed by atoms with Gasteiger partial charge >= 0.3 is 6.18 Å². The van der Waals surface area contributed by atoms with Crippen LogP contribution in [0.25, 0.3) is 0 Å². The first-order valence-corrected chi connectivity index (χ1v) is 8.80. The number of halogens is 4. The summed E-state index contributed by atoms with van der Waals surface area (Å²) in [6.45, 7) is 3.39. The molecule has 26 heavy (non-hydrogen) atoms. The molecule has 2 rings (SSSR count). The molecule has 1 heterocycles. The molecule has 2 aromatic rings. The van der Waals surface area contributed by atoms with Gasteiger partial charge in [0.05, 0.1) is 15.8 Å². The normalized spacial score (nSPS) is 12.7. The SMILES string of the molecule is CCc1cc(=O)[nH]c(SC(C)C(=O)Nc2ccc(Cl)c(C(F)(F)F)c2)n1. The lowest BCUT2D eigenvalue weighted by atomic mass is 10.2. The van der Waals surface area contributed by atoms with Gasteiger partial charge in [0.25, 0.3) is 5.56 Å². The van der Waals surface area contributed by atoms with E-state index in [1.807, 2.05) is 6.92 Å². The summed E-state index contributed by atoms with van der Waals surface area (Å²) in [6.07, 6.45) is -4.06. The van der Waals surface area contributed by atoms with Crippen LogP contribution < -0.4 is 10.9 Å². The number of benzene rings is 1. The van der Waals surface area contributed by atoms with Gasteiger partial charge in [-0.25, -0.2) is 4.98 Å². The van der Waals surface area contributed by atoms with E-state index in [1.165, 1.54) is 12.1 Å². The predicted octanol–water partition coefficient (Wildman–Crippen LogP) is 4.12. The fraction of sp³-hybridized carbons (Fsp3) is 0.312. The summed E-state index contributed by atoms with van der Waals surface area (Å²) in [6, 6.07) is 4.49. The van der Waals surface area contributed by atoms with E-state index in [9.17, 15) is 22.8 Å². The van der Waals surface area contributed by atoms with Crippen molar-refractivity contribution < 1.29 is 18.0 Å². The molecule has 5 nitrogen and oxygen atoms in total. The van der Waals surface area contributed by atoms with Crippen molar-refractivity contribution >= 4 is 35.0 Å². The lowest BCUT2D eigenvalue weighted by Crippen LogP contribution is -2.23. The number of alkyl halides is 3. The molecular weight excluding hydrogens is 391 g/mol. The number of carbonyl (C=O) groups is 1. The molecule has 1 atom stereocenters. The second kappa shape index (κ2) is 8.13. The molecule has 0 saturated heterocycles. The second-order valence-corrected chi connectivity index (χ2v) is 7.07. The maximum Gasteiger partial charge on any atom is 0.417 e. The molecule has 0 fully saturated rings. The molecule has 1 amide bonds. The molecule has 2 N–H and O–H groups in total. The Kier molecular flexibility index (Phi) is 6.35. The zero-order valence-electron chi connectivity index (χ0n) is 13.8. The van der Waals surface area contributed by atoms with Crippen molar-refractivity contribution in [3.05, 3.63) is 50.9 Å². The molecular formula is C16H15ClF3N3O2S. The standard InChI is InChI=1S/C16H15ClF3N3O2S/c1-3-9-7-13(24)23-15(22-9)26-8(2)14(25)21-10-4-5-12(17)11(6-10)16(18,19)20/h4-8H,3H2,1-2H3,(H,21,25)(H,22,23,24). The largest absolute Gasteiger partial charge is 0.417 e. The number of hydrogen-bond acceptors (Lipinski definition) is 4. The van der Waals surface area contributed by atoms with Gasteiger partial charge in [-0.2, -0.15) is 13.2 Å². The number of anilines is 1. The van der Waals surface area contributed by atoms with Gasteiger partial charge in [0.1, 0.15) is 0 Å². The Hall–Kier alpha value is -2.00. The van der Waals surface area contributed by atoms with Gasteiger partial charge < -0.3 is 10.3 Å². The highest BCUT2D eigenvalue weighted by molar-refractivity contribution is 8.00. The maximum absolute atomic E-state index is 12.9. The van der Waals surface area contributed by atoms with Crippen LogP contribution in [0.2, 0.25) is 5.02 Å². The summed E-state index contributed by atoms with van der Waals surface area (Å²) < 4.78 is 38.6. The van der Waals surface area contributed by atoms with Gasteiger partial charge in [-0.1, -0.05) is 30.3 Å². The van der Waals surface area contributed by atoms with Crippen LogP contribution in [-0.2, 0) is 17.4 Å². The highest BCUT2D eigenvalue weighted by Gasteiger charge is 2.33. The molecule has 0 radical (unpaired) electrons. The minimum Gasteiger partial charge on any atom is -0.325 e. The predicted molar refractivity (Wildman–Crippen MR) is 94.6 cm³/mol. The van der Waals surface area contributed by atoms with Crippen molar-refractivity contribution in [2.45, 2.75) is 36.9 Å². The summed E-state index contributed by atoms with van der Waals surface area (Å²) >= 11 is 6.55. The monoisotopic (exact) mass is 405 g/mol. The van der Waals surface area contributed by atoms with Gasteiger partial charge in [0.15, 0.2) is 5.16 Å². The van der Waals surface area contributed by atoms with Crippen molar-refractivity contribution in [1.82, 2.24) is 9.97 Å². The second-order valence-electron chi connectivity index (χ2n) is 5.34. The Labute approximate surface area is 156 Å². The smallest absolute Gasteiger partial charge is 0.325 e. The van der Waals surface area contributed by atoms with E-state index in [0.717, 1.165) is 23.9 Å². The molecule has 1 aromatic carbocycles. The number of thioether (sulfide) groups is 1. The van der Waals surface area contributed by atoms with Crippen LogP contribution >= 0.6 is 23.4 Å². The molecule has 0 aliphatic heterocycles. The van der Waals surface area contributed by atoms with E-state index in [0.29, 0.717) is 12.1 Å². The summed E-state index contributed by atoms with van der Waals surface area (Å²) in [5, 5.41) is 1.53. The summed E-state index contributed by atoms with van der Waals surface area (Å²) in [7, 11) is 0. The zero-order chi connectivity index (χ0) is 19.5. The first-order valence-electron chi connectivity index (χ1n) is 7.54. The van der Waals surface area contributed by atoms with Crippen molar-refractivity contribution in [3.63, 3.8) is 0 Å². The molecule has 0 spiro atoms. The van der Waals surface area contributed by atoms with Crippen molar-refractivity contribution in [3.8, 4) is 0 Å². The number of aromatic amines is 1. The van der Waals surface area contributed by atoms with E-state index < -0.39 is 27.9 Å². The van der Waals surface area contributed by atoms with Gasteiger partial charge in [-0.05, 0) is 31.5 Å². The van der Waals surface area contributed by atoms with Crippen LogP contribution in [0.5, 0.6) is 0 Å². The summed E-state index contributed by atoms with van der Waals surface area (Å²) in [4.78, 5) is 30.5. The van der Waals surface area contributed by atoms with Crippen LogP contribution in [0.15, 0.2) is 34.2 Å². The first-order chi connectivity index (χ1) is 12.1. The van der Waals surface area contributed by atoms with Crippen LogP contribution in [0, 0.1) is 0 Å². The number of nitrogens with one attached hydrogen (secondary N) is 2. The fourth-order valence-electron chi connectivity index (χ4n) is 2.01. The van der Waals surface area contributed by atoms with E-state index in [4.69, 9.17) is 11.6 Å². The third-order valence-electron chi connectivity index (χ3n) is 3.33. The van der Waals surface area contributed by atoms with Crippen molar-refractivity contribution in [2.24, 2.45) is 0 Å². The number of aromatic nitrogens is 2. The maximum atomic E-state index is 12.9. The molecule has 10 heteroatoms. The number of nitrogens with zero attached hydrogens (tertiary/aromatic N) is 1. The first kappa shape index (κ1) is 20.3. The number of aryl methyl sites for hydroxylation is 1. The van der Waals surface area contributed by atoms with E-state index in [2.05, 4.69) is 15.3 Å². The minimum atomic E-state index is -4.62. The highest BCUT2D eigenvalue weighted by Crippen LogP contribution is 2.36. The Morgan fingerprint density at radius 3 is 2.69 bits per heavy atom. The minimum absolute atomic E-state index is 0.0251. The summed E-state index contributed by atoms with van der Waals surface area (Å²) in [5.74, 6) is -0.532. The third kappa shape index (κ3) is 5.25. The average Bonchev–Trinajstić information content (AvgIpc) is 2.54.